The van der Waals surface area contributed by atoms with Gasteiger partial charge >= 0.3 is 0 Å². The number of halogens is 1. The van der Waals surface area contributed by atoms with Crippen LogP contribution in [-0.2, 0) is 0 Å². The number of hydrogen-bond acceptors (Lipinski definition) is 1. The van der Waals surface area contributed by atoms with Crippen LogP contribution in [0.5, 0.6) is 0 Å². The third-order valence-electron chi connectivity index (χ3n) is 1.12. The summed E-state index contributed by atoms with van der Waals surface area (Å²) in [5.41, 5.74) is -0.0972. The van der Waals surface area contributed by atoms with Gasteiger partial charge in [0.2, 0.25) is 5.56 Å². The molecule has 1 heterocycles. The molecule has 1 N–H and O–H groups in total. The average Bonchev–Trinajstić information content (AvgIpc) is 1.94. The molecule has 1 rings (SSSR count). The number of pyridine rings is 1. The number of aromatic nitrogens is 1. The van der Waals surface area contributed by atoms with Gasteiger partial charge < -0.3 is 4.98 Å². The Balaban J connectivity index is 3.35. The van der Waals surface area contributed by atoms with Gasteiger partial charge in [-0.3, -0.25) is 4.79 Å². The Morgan fingerprint density at radius 3 is 2.90 bits per heavy atom. The fourth-order valence-corrected chi connectivity index (χ4v) is 0.626. The van der Waals surface area contributed by atoms with Crippen molar-refractivity contribution >= 4 is 6.08 Å². The van der Waals surface area contributed by atoms with Gasteiger partial charge in [0.15, 0.2) is 0 Å². The minimum absolute atomic E-state index is 0.226. The minimum Gasteiger partial charge on any atom is -0.326 e. The molecular weight excluding hydrogens is 133 g/mol. The van der Waals surface area contributed by atoms with Crippen LogP contribution in [0, 0.1) is 5.82 Å². The van der Waals surface area contributed by atoms with Crippen molar-refractivity contribution in [3.63, 3.8) is 0 Å². The SMILES string of the molecule is C=Cc1cc(=O)[nH]cc1F. The molecular formula is C7H6FNO. The molecule has 0 amide bonds. The number of aromatic amines is 1. The van der Waals surface area contributed by atoms with Crippen LogP contribution < -0.4 is 5.56 Å². The van der Waals surface area contributed by atoms with Crippen molar-refractivity contribution < 1.29 is 4.39 Å². The topological polar surface area (TPSA) is 32.9 Å². The third-order valence-corrected chi connectivity index (χ3v) is 1.12. The highest BCUT2D eigenvalue weighted by molar-refractivity contribution is 5.45. The zero-order chi connectivity index (χ0) is 7.56. The van der Waals surface area contributed by atoms with Crippen molar-refractivity contribution in [2.75, 3.05) is 0 Å². The summed E-state index contributed by atoms with van der Waals surface area (Å²) < 4.78 is 12.5. The molecule has 1 aromatic heterocycles. The molecule has 0 aliphatic heterocycles. The molecule has 0 radical (unpaired) electrons. The summed E-state index contributed by atoms with van der Waals surface area (Å²) in [4.78, 5) is 12.7. The van der Waals surface area contributed by atoms with E-state index in [4.69, 9.17) is 0 Å². The lowest BCUT2D eigenvalue weighted by molar-refractivity contribution is 0.617. The van der Waals surface area contributed by atoms with Gasteiger partial charge in [0, 0.05) is 17.8 Å². The van der Waals surface area contributed by atoms with Crippen molar-refractivity contribution in [3.05, 3.63) is 40.6 Å². The van der Waals surface area contributed by atoms with E-state index in [-0.39, 0.29) is 11.1 Å². The van der Waals surface area contributed by atoms with Crippen molar-refractivity contribution in [3.8, 4) is 0 Å². The second-order valence-corrected chi connectivity index (χ2v) is 1.80. The van der Waals surface area contributed by atoms with Gasteiger partial charge in [-0.05, 0) is 0 Å². The monoisotopic (exact) mass is 139 g/mol. The summed E-state index contributed by atoms with van der Waals surface area (Å²) in [6.07, 6.45) is 2.31. The van der Waals surface area contributed by atoms with Gasteiger partial charge in [-0.25, -0.2) is 4.39 Å². The molecule has 2 nitrogen and oxygen atoms in total. The number of nitrogens with one attached hydrogen (secondary N) is 1. The van der Waals surface area contributed by atoms with Crippen molar-refractivity contribution in [1.82, 2.24) is 4.98 Å². The van der Waals surface area contributed by atoms with Gasteiger partial charge in [-0.2, -0.15) is 0 Å². The first-order chi connectivity index (χ1) is 4.74. The fourth-order valence-electron chi connectivity index (χ4n) is 0.626. The Morgan fingerprint density at radius 1 is 1.70 bits per heavy atom. The molecule has 0 aliphatic rings. The predicted molar refractivity (Wildman–Crippen MR) is 37.1 cm³/mol. The first-order valence-corrected chi connectivity index (χ1v) is 2.74. The van der Waals surface area contributed by atoms with Crippen LogP contribution in [0.2, 0.25) is 0 Å². The molecule has 0 saturated carbocycles. The Labute approximate surface area is 57.0 Å². The van der Waals surface area contributed by atoms with E-state index in [1.54, 1.807) is 0 Å². The zero-order valence-electron chi connectivity index (χ0n) is 5.23. The quantitative estimate of drug-likeness (QED) is 0.622. The molecule has 0 atom stereocenters. The first kappa shape index (κ1) is 6.74. The molecule has 0 bridgehead atoms. The smallest absolute Gasteiger partial charge is 0.248 e. The Kier molecular flexibility index (Phi) is 1.67. The highest BCUT2D eigenvalue weighted by atomic mass is 19.1. The Morgan fingerprint density at radius 2 is 2.40 bits per heavy atom. The summed E-state index contributed by atoms with van der Waals surface area (Å²) in [6.45, 7) is 3.34. The molecule has 0 aromatic carbocycles. The maximum Gasteiger partial charge on any atom is 0.248 e. The highest BCUT2D eigenvalue weighted by Crippen LogP contribution is 2.01. The van der Waals surface area contributed by atoms with Gasteiger partial charge in [0.05, 0.1) is 0 Å². The van der Waals surface area contributed by atoms with E-state index < -0.39 is 5.82 Å². The highest BCUT2D eigenvalue weighted by Gasteiger charge is 1.95. The second kappa shape index (κ2) is 2.47. The third kappa shape index (κ3) is 1.13. The maximum atomic E-state index is 12.5. The largest absolute Gasteiger partial charge is 0.326 e. The molecule has 10 heavy (non-hydrogen) atoms. The van der Waals surface area contributed by atoms with E-state index in [9.17, 15) is 9.18 Å². The number of hydrogen-bond donors (Lipinski definition) is 1. The summed E-state index contributed by atoms with van der Waals surface area (Å²) in [5, 5.41) is 0. The predicted octanol–water partition coefficient (Wildman–Crippen LogP) is 1.16. The van der Waals surface area contributed by atoms with Gasteiger partial charge in [-0.1, -0.05) is 12.7 Å². The Hall–Kier alpha value is -1.38. The van der Waals surface area contributed by atoms with Crippen LogP contribution in [0.4, 0.5) is 4.39 Å². The average molecular weight is 139 g/mol. The van der Waals surface area contributed by atoms with Crippen LogP contribution in [0.1, 0.15) is 5.56 Å². The normalized spacial score (nSPS) is 9.30. The molecule has 3 heteroatoms. The van der Waals surface area contributed by atoms with E-state index in [0.717, 1.165) is 12.3 Å². The molecule has 52 valence electrons. The van der Waals surface area contributed by atoms with Crippen LogP contribution >= 0.6 is 0 Å². The standard InChI is InChI=1S/C7H6FNO/c1-2-5-3-7(10)9-4-6(5)8/h2-4H,1H2,(H,9,10). The van der Waals surface area contributed by atoms with Crippen molar-refractivity contribution in [2.24, 2.45) is 0 Å². The van der Waals surface area contributed by atoms with E-state index in [1.165, 1.54) is 6.08 Å². The summed E-state index contributed by atoms with van der Waals surface area (Å²) >= 11 is 0. The molecule has 0 fully saturated rings. The van der Waals surface area contributed by atoms with E-state index >= 15 is 0 Å². The lowest BCUT2D eigenvalue weighted by Gasteiger charge is -1.91. The minimum atomic E-state index is -0.463. The van der Waals surface area contributed by atoms with Crippen LogP contribution in [0.15, 0.2) is 23.6 Å². The Bertz CT molecular complexity index is 303. The van der Waals surface area contributed by atoms with E-state index in [0.29, 0.717) is 0 Å². The summed E-state index contributed by atoms with van der Waals surface area (Å²) in [6, 6.07) is 1.16. The van der Waals surface area contributed by atoms with Gasteiger partial charge in [-0.15, -0.1) is 0 Å². The molecule has 0 aliphatic carbocycles. The second-order valence-electron chi connectivity index (χ2n) is 1.80. The van der Waals surface area contributed by atoms with Crippen LogP contribution in [0.3, 0.4) is 0 Å². The zero-order valence-corrected chi connectivity index (χ0v) is 5.23. The van der Waals surface area contributed by atoms with E-state index in [1.807, 2.05) is 0 Å². The fraction of sp³-hybridized carbons (Fsp3) is 0. The van der Waals surface area contributed by atoms with Crippen LogP contribution in [0.25, 0.3) is 6.08 Å². The summed E-state index contributed by atoms with van der Waals surface area (Å²) in [7, 11) is 0. The van der Waals surface area contributed by atoms with Crippen LogP contribution in [-0.4, -0.2) is 4.98 Å². The van der Waals surface area contributed by atoms with E-state index in [2.05, 4.69) is 11.6 Å². The molecule has 0 unspecified atom stereocenters. The maximum absolute atomic E-state index is 12.5. The molecule has 0 saturated heterocycles. The molecule has 0 spiro atoms. The lowest BCUT2D eigenvalue weighted by atomic mass is 10.2. The number of H-pyrrole nitrogens is 1. The summed E-state index contributed by atoms with van der Waals surface area (Å²) in [5.74, 6) is -0.463. The lowest BCUT2D eigenvalue weighted by Crippen LogP contribution is -2.04. The molecule has 1 aromatic rings. The van der Waals surface area contributed by atoms with Crippen molar-refractivity contribution in [1.29, 1.82) is 0 Å². The van der Waals surface area contributed by atoms with Gasteiger partial charge in [0.1, 0.15) is 5.82 Å². The first-order valence-electron chi connectivity index (χ1n) is 2.74. The van der Waals surface area contributed by atoms with Gasteiger partial charge in [0.25, 0.3) is 0 Å². The number of rotatable bonds is 1. The van der Waals surface area contributed by atoms with Crippen molar-refractivity contribution in [2.45, 2.75) is 0 Å².